The number of nitrogens with zero attached hydrogens (tertiary/aromatic N) is 3. The van der Waals surface area contributed by atoms with E-state index in [9.17, 15) is 9.90 Å². The molecule has 1 saturated heterocycles. The zero-order valence-corrected chi connectivity index (χ0v) is 12.6. The van der Waals surface area contributed by atoms with Crippen LogP contribution in [0.5, 0.6) is 0 Å². The van der Waals surface area contributed by atoms with E-state index in [2.05, 4.69) is 9.88 Å². The molecule has 2 aliphatic rings. The molecule has 0 radical (unpaired) electrons. The minimum absolute atomic E-state index is 0.108. The maximum atomic E-state index is 12.4. The Bertz CT molecular complexity index is 483. The molecule has 2 atom stereocenters. The number of hydrogen-bond donors (Lipinski definition) is 1. The second-order valence-electron chi connectivity index (χ2n) is 5.66. The van der Waals surface area contributed by atoms with Gasteiger partial charge >= 0.3 is 0 Å². The van der Waals surface area contributed by atoms with E-state index in [1.165, 1.54) is 11.3 Å². The van der Waals surface area contributed by atoms with Crippen LogP contribution in [-0.2, 0) is 0 Å². The topological polar surface area (TPSA) is 56.7 Å². The molecule has 2 fully saturated rings. The van der Waals surface area contributed by atoms with E-state index >= 15 is 0 Å². The molecule has 110 valence electrons. The molecule has 3 rings (SSSR count). The summed E-state index contributed by atoms with van der Waals surface area (Å²) < 4.78 is 0. The van der Waals surface area contributed by atoms with Gasteiger partial charge in [0.2, 0.25) is 0 Å². The molecule has 5 nitrogen and oxygen atoms in total. The van der Waals surface area contributed by atoms with Crippen LogP contribution in [0.2, 0.25) is 0 Å². The molecule has 1 aromatic rings. The number of aromatic nitrogens is 1. The molecule has 0 unspecified atom stereocenters. The first-order valence-electron chi connectivity index (χ1n) is 7.28. The minimum atomic E-state index is -0.180. The molecule has 0 aromatic carbocycles. The summed E-state index contributed by atoms with van der Waals surface area (Å²) in [4.78, 5) is 21.6. The zero-order chi connectivity index (χ0) is 14.1. The molecule has 1 aliphatic heterocycles. The van der Waals surface area contributed by atoms with Crippen molar-refractivity contribution in [3.05, 3.63) is 16.1 Å². The van der Waals surface area contributed by atoms with Crippen LogP contribution < -0.4 is 0 Å². The number of thiazole rings is 1. The van der Waals surface area contributed by atoms with Gasteiger partial charge in [-0.2, -0.15) is 0 Å². The normalized spacial score (nSPS) is 28.0. The molecule has 1 saturated carbocycles. The summed E-state index contributed by atoms with van der Waals surface area (Å²) in [5, 5.41) is 9.97. The predicted molar refractivity (Wildman–Crippen MR) is 78.0 cm³/mol. The molecule has 20 heavy (non-hydrogen) atoms. The van der Waals surface area contributed by atoms with E-state index < -0.39 is 0 Å². The highest BCUT2D eigenvalue weighted by atomic mass is 32.1. The van der Waals surface area contributed by atoms with Gasteiger partial charge in [0.05, 0.1) is 17.3 Å². The molecule has 1 N–H and O–H groups in total. The van der Waals surface area contributed by atoms with E-state index in [0.29, 0.717) is 6.04 Å². The van der Waals surface area contributed by atoms with Crippen LogP contribution in [-0.4, -0.2) is 64.1 Å². The maximum absolute atomic E-state index is 12.4. The molecule has 6 heteroatoms. The summed E-state index contributed by atoms with van der Waals surface area (Å²) in [7, 11) is 0. The summed E-state index contributed by atoms with van der Waals surface area (Å²) in [5.41, 5.74) is 2.56. The van der Waals surface area contributed by atoms with Crippen molar-refractivity contribution in [2.24, 2.45) is 0 Å². The SMILES string of the molecule is Cc1ncsc1C(=O)N1CCN([C@H]2CCC[C@H]2O)CC1. The lowest BCUT2D eigenvalue weighted by Gasteiger charge is -2.39. The van der Waals surface area contributed by atoms with E-state index in [4.69, 9.17) is 0 Å². The molecular formula is C14H21N3O2S. The standard InChI is InChI=1S/C14H21N3O2S/c1-10-13(20-9-15-10)14(19)17-7-5-16(6-8-17)11-3-2-4-12(11)18/h9,11-12,18H,2-8H2,1H3/t11-,12+/m0/s1. The molecule has 0 bridgehead atoms. The average molecular weight is 295 g/mol. The fourth-order valence-electron chi connectivity index (χ4n) is 3.25. The largest absolute Gasteiger partial charge is 0.391 e. The van der Waals surface area contributed by atoms with Crippen molar-refractivity contribution in [3.63, 3.8) is 0 Å². The van der Waals surface area contributed by atoms with Gasteiger partial charge in [0.15, 0.2) is 0 Å². The molecule has 1 aromatic heterocycles. The Hall–Kier alpha value is -0.980. The van der Waals surface area contributed by atoms with Gasteiger partial charge in [-0.3, -0.25) is 9.69 Å². The third-order valence-electron chi connectivity index (χ3n) is 4.45. The van der Waals surface area contributed by atoms with E-state index in [-0.39, 0.29) is 12.0 Å². The summed E-state index contributed by atoms with van der Waals surface area (Å²) in [6, 6.07) is 0.303. The van der Waals surface area contributed by atoms with Crippen molar-refractivity contribution in [3.8, 4) is 0 Å². The van der Waals surface area contributed by atoms with E-state index in [1.54, 1.807) is 5.51 Å². The smallest absolute Gasteiger partial charge is 0.265 e. The highest BCUT2D eigenvalue weighted by Gasteiger charge is 2.33. The number of carbonyl (C=O) groups is 1. The van der Waals surface area contributed by atoms with Gasteiger partial charge in [-0.05, 0) is 26.2 Å². The van der Waals surface area contributed by atoms with Crippen molar-refractivity contribution in [1.29, 1.82) is 0 Å². The molecular weight excluding hydrogens is 274 g/mol. The van der Waals surface area contributed by atoms with Gasteiger partial charge in [-0.1, -0.05) is 0 Å². The van der Waals surface area contributed by atoms with Crippen molar-refractivity contribution in [1.82, 2.24) is 14.8 Å². The molecule has 2 heterocycles. The molecule has 1 amide bonds. The number of piperazine rings is 1. The Balaban J connectivity index is 1.58. The fourth-order valence-corrected chi connectivity index (χ4v) is 4.02. The Morgan fingerprint density at radius 3 is 2.65 bits per heavy atom. The minimum Gasteiger partial charge on any atom is -0.391 e. The highest BCUT2D eigenvalue weighted by molar-refractivity contribution is 7.11. The first kappa shape index (κ1) is 14.0. The van der Waals surface area contributed by atoms with Crippen LogP contribution in [0.4, 0.5) is 0 Å². The first-order chi connectivity index (χ1) is 9.66. The third kappa shape index (κ3) is 2.60. The highest BCUT2D eigenvalue weighted by Crippen LogP contribution is 2.25. The number of carbonyl (C=O) groups excluding carboxylic acids is 1. The second kappa shape index (κ2) is 5.79. The monoisotopic (exact) mass is 295 g/mol. The summed E-state index contributed by atoms with van der Waals surface area (Å²) in [6.07, 6.45) is 2.94. The van der Waals surface area contributed by atoms with E-state index in [0.717, 1.165) is 56.0 Å². The summed E-state index contributed by atoms with van der Waals surface area (Å²) in [6.45, 7) is 5.12. The van der Waals surface area contributed by atoms with Crippen molar-refractivity contribution >= 4 is 17.2 Å². The van der Waals surface area contributed by atoms with Crippen LogP contribution in [0.25, 0.3) is 0 Å². The first-order valence-corrected chi connectivity index (χ1v) is 8.16. The summed E-state index contributed by atoms with van der Waals surface area (Å²) in [5.74, 6) is 0.108. The van der Waals surface area contributed by atoms with Crippen LogP contribution in [0.15, 0.2) is 5.51 Å². The molecule has 1 aliphatic carbocycles. The van der Waals surface area contributed by atoms with Gasteiger partial charge < -0.3 is 10.0 Å². The number of hydrogen-bond acceptors (Lipinski definition) is 5. The maximum Gasteiger partial charge on any atom is 0.265 e. The Labute approximate surface area is 123 Å². The van der Waals surface area contributed by atoms with Crippen LogP contribution in [0.3, 0.4) is 0 Å². The summed E-state index contributed by atoms with van der Waals surface area (Å²) >= 11 is 1.42. The lowest BCUT2D eigenvalue weighted by molar-refractivity contribution is 0.0317. The van der Waals surface area contributed by atoms with Crippen LogP contribution in [0, 0.1) is 6.92 Å². The van der Waals surface area contributed by atoms with Gasteiger partial charge in [-0.25, -0.2) is 4.98 Å². The second-order valence-corrected chi connectivity index (χ2v) is 6.52. The van der Waals surface area contributed by atoms with Crippen molar-refractivity contribution in [2.75, 3.05) is 26.2 Å². The van der Waals surface area contributed by atoms with Crippen LogP contribution >= 0.6 is 11.3 Å². The molecule has 0 spiro atoms. The Kier molecular flexibility index (Phi) is 4.05. The fraction of sp³-hybridized carbons (Fsp3) is 0.714. The number of aryl methyl sites for hydroxylation is 1. The van der Waals surface area contributed by atoms with Gasteiger partial charge in [0.25, 0.3) is 5.91 Å². The number of aliphatic hydroxyl groups excluding tert-OH is 1. The lowest BCUT2D eigenvalue weighted by Crippen LogP contribution is -2.53. The Morgan fingerprint density at radius 1 is 1.35 bits per heavy atom. The average Bonchev–Trinajstić information content (AvgIpc) is 3.07. The van der Waals surface area contributed by atoms with Crippen molar-refractivity contribution < 1.29 is 9.90 Å². The zero-order valence-electron chi connectivity index (χ0n) is 11.8. The third-order valence-corrected chi connectivity index (χ3v) is 5.37. The van der Waals surface area contributed by atoms with Gasteiger partial charge in [-0.15, -0.1) is 11.3 Å². The van der Waals surface area contributed by atoms with Gasteiger partial charge in [0.1, 0.15) is 4.88 Å². The predicted octanol–water partition coefficient (Wildman–Crippen LogP) is 1.12. The quantitative estimate of drug-likeness (QED) is 0.888. The number of aliphatic hydroxyl groups is 1. The van der Waals surface area contributed by atoms with E-state index in [1.807, 2.05) is 11.8 Å². The number of amides is 1. The van der Waals surface area contributed by atoms with Crippen molar-refractivity contribution in [2.45, 2.75) is 38.3 Å². The van der Waals surface area contributed by atoms with Gasteiger partial charge in [0, 0.05) is 32.2 Å². The lowest BCUT2D eigenvalue weighted by atomic mass is 10.1. The van der Waals surface area contributed by atoms with Crippen LogP contribution in [0.1, 0.15) is 34.6 Å². The number of rotatable bonds is 2. The Morgan fingerprint density at radius 2 is 2.10 bits per heavy atom.